The number of carbonyl (C=O) groups excluding carboxylic acids is 4. The molecular formula is C29H34O8. The SMILES string of the molecule is CC(=O)CCc1ccc(O)c2c1C[C@]1(C)C[C@]3(C)C(C(C)C)C(=O)C(C(C)=O)=C(O)[C@]3(O)C(=O)C1=C2O. The van der Waals surface area contributed by atoms with Gasteiger partial charge in [-0.2, -0.15) is 0 Å². The van der Waals surface area contributed by atoms with Gasteiger partial charge in [-0.05, 0) is 56.2 Å². The van der Waals surface area contributed by atoms with E-state index in [1.54, 1.807) is 33.8 Å². The Labute approximate surface area is 215 Å². The minimum Gasteiger partial charge on any atom is -0.508 e. The molecule has 4 rings (SSSR count). The van der Waals surface area contributed by atoms with Gasteiger partial charge in [0.2, 0.25) is 5.78 Å². The number of Topliss-reactive ketones (excluding diaryl/α,β-unsaturated/α-hetero) is 4. The van der Waals surface area contributed by atoms with Crippen LogP contribution in [0, 0.1) is 22.7 Å². The highest BCUT2D eigenvalue weighted by atomic mass is 16.3. The van der Waals surface area contributed by atoms with Gasteiger partial charge < -0.3 is 25.2 Å². The monoisotopic (exact) mass is 510 g/mol. The van der Waals surface area contributed by atoms with Gasteiger partial charge in [0, 0.05) is 28.7 Å². The first kappa shape index (κ1) is 26.8. The predicted molar refractivity (Wildman–Crippen MR) is 135 cm³/mol. The number of aromatic hydroxyl groups is 1. The van der Waals surface area contributed by atoms with Crippen LogP contribution in [0.15, 0.2) is 29.0 Å². The summed E-state index contributed by atoms with van der Waals surface area (Å²) in [5.74, 6) is -5.48. The van der Waals surface area contributed by atoms with Crippen LogP contribution >= 0.6 is 0 Å². The molecule has 0 radical (unpaired) electrons. The van der Waals surface area contributed by atoms with E-state index < -0.39 is 56.8 Å². The Bertz CT molecular complexity index is 1330. The normalized spacial score (nSPS) is 31.3. The number of ketones is 4. The maximum absolute atomic E-state index is 14.2. The lowest BCUT2D eigenvalue weighted by atomic mass is 9.43. The number of aliphatic hydroxyl groups is 3. The molecule has 0 bridgehead atoms. The molecule has 0 saturated heterocycles. The molecule has 3 aliphatic rings. The Morgan fingerprint density at radius 2 is 1.70 bits per heavy atom. The van der Waals surface area contributed by atoms with E-state index in [-0.39, 0.29) is 47.8 Å². The molecule has 0 heterocycles. The number of carbonyl (C=O) groups is 4. The number of hydrogen-bond donors (Lipinski definition) is 4. The van der Waals surface area contributed by atoms with Gasteiger partial charge in [-0.15, -0.1) is 0 Å². The lowest BCUT2D eigenvalue weighted by molar-refractivity contribution is -0.178. The number of aryl methyl sites for hydroxylation is 1. The number of phenols is 1. The number of hydrogen-bond acceptors (Lipinski definition) is 8. The molecule has 1 fully saturated rings. The lowest BCUT2D eigenvalue weighted by Crippen LogP contribution is -2.69. The molecule has 0 amide bonds. The maximum atomic E-state index is 14.2. The average Bonchev–Trinajstić information content (AvgIpc) is 2.75. The molecule has 8 heteroatoms. The number of aliphatic hydroxyl groups excluding tert-OH is 2. The molecule has 3 aliphatic carbocycles. The molecule has 198 valence electrons. The largest absolute Gasteiger partial charge is 0.508 e. The van der Waals surface area contributed by atoms with Gasteiger partial charge in [0.1, 0.15) is 28.6 Å². The topological polar surface area (TPSA) is 149 Å². The second kappa shape index (κ2) is 8.38. The van der Waals surface area contributed by atoms with E-state index in [1.807, 2.05) is 0 Å². The zero-order chi connectivity index (χ0) is 27.8. The van der Waals surface area contributed by atoms with Crippen molar-refractivity contribution < 1.29 is 39.6 Å². The van der Waals surface area contributed by atoms with Crippen LogP contribution in [0.4, 0.5) is 0 Å². The van der Waals surface area contributed by atoms with E-state index in [2.05, 4.69) is 0 Å². The molecule has 1 unspecified atom stereocenters. The Morgan fingerprint density at radius 3 is 2.24 bits per heavy atom. The molecule has 4 atom stereocenters. The van der Waals surface area contributed by atoms with Crippen molar-refractivity contribution in [1.29, 1.82) is 0 Å². The summed E-state index contributed by atoms with van der Waals surface area (Å²) in [5.41, 5.74) is -4.56. The number of rotatable bonds is 5. The van der Waals surface area contributed by atoms with Gasteiger partial charge in [-0.1, -0.05) is 33.8 Å². The minimum atomic E-state index is -2.63. The van der Waals surface area contributed by atoms with Crippen molar-refractivity contribution >= 4 is 28.9 Å². The molecule has 1 saturated carbocycles. The zero-order valence-corrected chi connectivity index (χ0v) is 22.1. The molecule has 0 aromatic heterocycles. The first-order valence-corrected chi connectivity index (χ1v) is 12.6. The molecule has 1 aromatic rings. The smallest absolute Gasteiger partial charge is 0.203 e. The van der Waals surface area contributed by atoms with Crippen LogP contribution in [0.1, 0.15) is 71.1 Å². The third-order valence-electron chi connectivity index (χ3n) is 8.73. The van der Waals surface area contributed by atoms with Gasteiger partial charge in [0.25, 0.3) is 0 Å². The Hall–Kier alpha value is -3.26. The first-order valence-electron chi connectivity index (χ1n) is 12.6. The fraction of sp³-hybridized carbons (Fsp3) is 0.517. The van der Waals surface area contributed by atoms with Gasteiger partial charge in [-0.3, -0.25) is 14.4 Å². The van der Waals surface area contributed by atoms with Crippen molar-refractivity contribution in [3.05, 3.63) is 45.7 Å². The molecule has 8 nitrogen and oxygen atoms in total. The van der Waals surface area contributed by atoms with E-state index >= 15 is 0 Å². The van der Waals surface area contributed by atoms with Crippen molar-refractivity contribution in [3.8, 4) is 5.75 Å². The summed E-state index contributed by atoms with van der Waals surface area (Å²) in [6.45, 7) is 9.43. The Balaban J connectivity index is 2.04. The van der Waals surface area contributed by atoms with Crippen LogP contribution < -0.4 is 0 Å². The standard InChI is InChI=1S/C29H34O8/c1-13(2)21-23(33)19(15(4)31)25(35)29(37)26(36)22-24(34)20-17(11-27(22,5)12-28(21,29)6)16(8-7-14(3)30)9-10-18(20)32/h9-10,13,21,32,34-35,37H,7-8,11-12H2,1-6H3/t21?,27-,28-,29+/m1/s1. The summed E-state index contributed by atoms with van der Waals surface area (Å²) in [6, 6.07) is 3.08. The molecule has 4 N–H and O–H groups in total. The van der Waals surface area contributed by atoms with Crippen molar-refractivity contribution in [2.45, 2.75) is 72.8 Å². The van der Waals surface area contributed by atoms with E-state index in [0.29, 0.717) is 12.0 Å². The van der Waals surface area contributed by atoms with Crippen LogP contribution in [-0.4, -0.2) is 49.2 Å². The summed E-state index contributed by atoms with van der Waals surface area (Å²) in [6.07, 6.45) is 0.874. The van der Waals surface area contributed by atoms with Crippen molar-refractivity contribution in [3.63, 3.8) is 0 Å². The third-order valence-corrected chi connectivity index (χ3v) is 8.73. The summed E-state index contributed by atoms with van der Waals surface area (Å²) in [5, 5.41) is 45.3. The summed E-state index contributed by atoms with van der Waals surface area (Å²) >= 11 is 0. The highest BCUT2D eigenvalue weighted by molar-refractivity contribution is 6.24. The van der Waals surface area contributed by atoms with Gasteiger partial charge >= 0.3 is 0 Å². The van der Waals surface area contributed by atoms with E-state index in [0.717, 1.165) is 12.5 Å². The van der Waals surface area contributed by atoms with Crippen LogP contribution in [-0.2, 0) is 32.0 Å². The van der Waals surface area contributed by atoms with Gasteiger partial charge in [0.05, 0.1) is 5.56 Å². The van der Waals surface area contributed by atoms with E-state index in [4.69, 9.17) is 0 Å². The highest BCUT2D eigenvalue weighted by Crippen LogP contribution is 2.65. The molecule has 0 aliphatic heterocycles. The van der Waals surface area contributed by atoms with Crippen LogP contribution in [0.2, 0.25) is 0 Å². The lowest BCUT2D eigenvalue weighted by Gasteiger charge is -2.59. The van der Waals surface area contributed by atoms with E-state index in [1.165, 1.54) is 13.0 Å². The third kappa shape index (κ3) is 3.45. The second-order valence-electron chi connectivity index (χ2n) is 11.8. The number of phenolic OH excluding ortho intramolecular Hbond substituents is 1. The molecule has 37 heavy (non-hydrogen) atoms. The minimum absolute atomic E-state index is 0.0150. The summed E-state index contributed by atoms with van der Waals surface area (Å²) in [4.78, 5) is 51.8. The number of benzene rings is 1. The van der Waals surface area contributed by atoms with Crippen molar-refractivity contribution in [2.75, 3.05) is 0 Å². The molecular weight excluding hydrogens is 476 g/mol. The fourth-order valence-electron chi connectivity index (χ4n) is 7.32. The molecule has 0 spiro atoms. The maximum Gasteiger partial charge on any atom is 0.203 e. The van der Waals surface area contributed by atoms with E-state index in [9.17, 15) is 39.6 Å². The quantitative estimate of drug-likeness (QED) is 0.438. The first-order chi connectivity index (χ1) is 17.0. The summed E-state index contributed by atoms with van der Waals surface area (Å²) in [7, 11) is 0. The zero-order valence-electron chi connectivity index (χ0n) is 22.1. The Kier molecular flexibility index (Phi) is 6.07. The number of allylic oxidation sites excluding steroid dienone is 1. The molecule has 1 aromatic carbocycles. The van der Waals surface area contributed by atoms with Crippen molar-refractivity contribution in [2.24, 2.45) is 22.7 Å². The fourth-order valence-corrected chi connectivity index (χ4v) is 7.32. The van der Waals surface area contributed by atoms with Gasteiger partial charge in [-0.25, -0.2) is 0 Å². The number of fused-ring (bicyclic) bond motifs is 3. The highest BCUT2D eigenvalue weighted by Gasteiger charge is 2.72. The van der Waals surface area contributed by atoms with Crippen LogP contribution in [0.5, 0.6) is 5.75 Å². The van der Waals surface area contributed by atoms with Crippen LogP contribution in [0.25, 0.3) is 5.76 Å². The summed E-state index contributed by atoms with van der Waals surface area (Å²) < 4.78 is 0. The Morgan fingerprint density at radius 1 is 1.08 bits per heavy atom. The van der Waals surface area contributed by atoms with Crippen molar-refractivity contribution in [1.82, 2.24) is 0 Å². The van der Waals surface area contributed by atoms with Crippen LogP contribution in [0.3, 0.4) is 0 Å². The van der Waals surface area contributed by atoms with Gasteiger partial charge in [0.15, 0.2) is 17.2 Å². The average molecular weight is 511 g/mol. The predicted octanol–water partition coefficient (Wildman–Crippen LogP) is 3.71. The second-order valence-corrected chi connectivity index (χ2v) is 11.8.